The highest BCUT2D eigenvalue weighted by Crippen LogP contribution is 2.60. The van der Waals surface area contributed by atoms with Crippen molar-refractivity contribution in [3.05, 3.63) is 34.9 Å². The van der Waals surface area contributed by atoms with Crippen molar-refractivity contribution >= 4 is 5.78 Å². The summed E-state index contributed by atoms with van der Waals surface area (Å²) in [7, 11) is 0. The molecule has 0 aliphatic heterocycles. The van der Waals surface area contributed by atoms with Gasteiger partial charge in [0.2, 0.25) is 0 Å². The van der Waals surface area contributed by atoms with Crippen LogP contribution in [0.4, 0.5) is 0 Å². The Morgan fingerprint density at radius 3 is 2.91 bits per heavy atom. The van der Waals surface area contributed by atoms with Crippen LogP contribution < -0.4 is 0 Å². The van der Waals surface area contributed by atoms with Gasteiger partial charge in [-0.1, -0.05) is 26.0 Å². The molecule has 5 atom stereocenters. The van der Waals surface area contributed by atoms with E-state index in [1.807, 2.05) is 12.1 Å². The van der Waals surface area contributed by atoms with Crippen LogP contribution in [0.25, 0.3) is 0 Å². The lowest BCUT2D eigenvalue weighted by Gasteiger charge is -2.48. The summed E-state index contributed by atoms with van der Waals surface area (Å²) in [6.07, 6.45) is 5.37. The highest BCUT2D eigenvalue weighted by atomic mass is 16.1. The van der Waals surface area contributed by atoms with Crippen LogP contribution in [0.5, 0.6) is 0 Å². The molecule has 1 aromatic rings. The number of benzene rings is 1. The Morgan fingerprint density at radius 1 is 1.32 bits per heavy atom. The molecule has 4 unspecified atom stereocenters. The van der Waals surface area contributed by atoms with E-state index < -0.39 is 0 Å². The molecule has 114 valence electrons. The van der Waals surface area contributed by atoms with E-state index in [0.717, 1.165) is 37.7 Å². The van der Waals surface area contributed by atoms with Gasteiger partial charge < -0.3 is 0 Å². The van der Waals surface area contributed by atoms with Gasteiger partial charge in [0.05, 0.1) is 11.6 Å². The predicted molar refractivity (Wildman–Crippen MR) is 85.3 cm³/mol. The Bertz CT molecular complexity index is 685. The fraction of sp³-hybridized carbons (Fsp3) is 0.600. The van der Waals surface area contributed by atoms with Crippen LogP contribution in [-0.4, -0.2) is 5.78 Å². The second-order valence-corrected chi connectivity index (χ2v) is 7.86. The normalized spacial score (nSPS) is 39.6. The molecule has 0 spiro atoms. The van der Waals surface area contributed by atoms with E-state index >= 15 is 0 Å². The van der Waals surface area contributed by atoms with E-state index in [0.29, 0.717) is 23.5 Å². The van der Waals surface area contributed by atoms with Gasteiger partial charge in [-0.05, 0) is 67.1 Å². The minimum absolute atomic E-state index is 0.0784. The van der Waals surface area contributed by atoms with Crippen LogP contribution in [0.15, 0.2) is 18.2 Å². The number of Topliss-reactive ketones (excluding diaryl/α,β-unsaturated/α-hetero) is 1. The molecule has 0 N–H and O–H groups in total. The summed E-state index contributed by atoms with van der Waals surface area (Å²) in [6.45, 7) is 4.34. The number of hydrogen-bond donors (Lipinski definition) is 0. The molecule has 2 heteroatoms. The third-order valence-electron chi connectivity index (χ3n) is 6.90. The van der Waals surface area contributed by atoms with Gasteiger partial charge in [-0.2, -0.15) is 5.26 Å². The second-order valence-electron chi connectivity index (χ2n) is 7.86. The molecule has 0 saturated heterocycles. The molecular formula is C20H23NO. The van der Waals surface area contributed by atoms with Crippen LogP contribution in [0, 0.1) is 34.5 Å². The average molecular weight is 293 g/mol. The molecule has 0 amide bonds. The van der Waals surface area contributed by atoms with Crippen LogP contribution >= 0.6 is 0 Å². The average Bonchev–Trinajstić information content (AvgIpc) is 2.77. The van der Waals surface area contributed by atoms with Crippen molar-refractivity contribution in [1.82, 2.24) is 0 Å². The van der Waals surface area contributed by atoms with Gasteiger partial charge in [-0.25, -0.2) is 0 Å². The van der Waals surface area contributed by atoms with Crippen molar-refractivity contribution in [2.45, 2.75) is 51.9 Å². The number of nitrogens with zero attached hydrogens (tertiary/aromatic N) is 1. The van der Waals surface area contributed by atoms with Gasteiger partial charge >= 0.3 is 0 Å². The Morgan fingerprint density at radius 2 is 2.14 bits per heavy atom. The summed E-state index contributed by atoms with van der Waals surface area (Å²) in [5.74, 6) is 2.49. The molecule has 0 aromatic heterocycles. The monoisotopic (exact) mass is 293 g/mol. The third kappa shape index (κ3) is 1.69. The van der Waals surface area contributed by atoms with Gasteiger partial charge in [-0.3, -0.25) is 4.79 Å². The topological polar surface area (TPSA) is 40.9 Å². The number of fused-ring (bicyclic) bond motifs is 5. The van der Waals surface area contributed by atoms with Gasteiger partial charge in [0.15, 0.2) is 0 Å². The Balaban J connectivity index is 1.75. The van der Waals surface area contributed by atoms with Crippen LogP contribution in [0.3, 0.4) is 0 Å². The van der Waals surface area contributed by atoms with E-state index in [2.05, 4.69) is 26.0 Å². The Labute approximate surface area is 132 Å². The molecule has 3 aliphatic carbocycles. The van der Waals surface area contributed by atoms with Crippen molar-refractivity contribution in [3.63, 3.8) is 0 Å². The fourth-order valence-corrected chi connectivity index (χ4v) is 5.83. The molecule has 1 aromatic carbocycles. The quantitative estimate of drug-likeness (QED) is 0.718. The standard InChI is InChI=1S/C20H23NO/c1-12-10-18-17-7-6-14-13(11-21)4-3-5-15(14)16(17)8-9-20(18,2)19(12)22/h3-5,12,16-18H,6-10H2,1-2H3/t12?,16?,17?,18?,20-/m0/s1. The molecule has 22 heavy (non-hydrogen) atoms. The largest absolute Gasteiger partial charge is 0.299 e. The number of carbonyl (C=O) groups excluding carboxylic acids is 1. The summed E-state index contributed by atoms with van der Waals surface area (Å²) in [6, 6.07) is 8.59. The summed E-state index contributed by atoms with van der Waals surface area (Å²) in [4.78, 5) is 12.6. The lowest BCUT2D eigenvalue weighted by Crippen LogP contribution is -2.42. The van der Waals surface area contributed by atoms with Crippen molar-refractivity contribution in [1.29, 1.82) is 5.26 Å². The highest BCUT2D eigenvalue weighted by Gasteiger charge is 2.56. The number of ketones is 1. The second kappa shape index (κ2) is 4.69. The SMILES string of the molecule is CC1CC2C3CCc4c(C#N)cccc4C3CC[C@]2(C)C1=O. The van der Waals surface area contributed by atoms with Crippen molar-refractivity contribution in [2.75, 3.05) is 0 Å². The molecule has 2 fully saturated rings. The maximum absolute atomic E-state index is 12.6. The first-order valence-corrected chi connectivity index (χ1v) is 8.62. The van der Waals surface area contributed by atoms with Crippen molar-refractivity contribution in [2.24, 2.45) is 23.2 Å². The zero-order valence-electron chi connectivity index (χ0n) is 13.4. The lowest BCUT2D eigenvalue weighted by atomic mass is 9.55. The highest BCUT2D eigenvalue weighted by molar-refractivity contribution is 5.89. The maximum Gasteiger partial charge on any atom is 0.141 e. The summed E-state index contributed by atoms with van der Waals surface area (Å²) in [5, 5.41) is 9.36. The zero-order valence-corrected chi connectivity index (χ0v) is 13.4. The van der Waals surface area contributed by atoms with E-state index in [9.17, 15) is 10.1 Å². The molecule has 2 nitrogen and oxygen atoms in total. The zero-order chi connectivity index (χ0) is 15.5. The number of rotatable bonds is 0. The summed E-state index contributed by atoms with van der Waals surface area (Å²) < 4.78 is 0. The van der Waals surface area contributed by atoms with Crippen LogP contribution in [-0.2, 0) is 11.2 Å². The smallest absolute Gasteiger partial charge is 0.141 e. The van der Waals surface area contributed by atoms with E-state index in [4.69, 9.17) is 0 Å². The first-order chi connectivity index (χ1) is 10.6. The first-order valence-electron chi connectivity index (χ1n) is 8.62. The summed E-state index contributed by atoms with van der Waals surface area (Å²) >= 11 is 0. The van der Waals surface area contributed by atoms with Gasteiger partial charge in [0.1, 0.15) is 5.78 Å². The molecule has 0 radical (unpaired) electrons. The Hall–Kier alpha value is -1.62. The van der Waals surface area contributed by atoms with Gasteiger partial charge in [0, 0.05) is 11.3 Å². The Kier molecular flexibility index (Phi) is 2.98. The van der Waals surface area contributed by atoms with Gasteiger partial charge in [-0.15, -0.1) is 0 Å². The molecule has 0 bridgehead atoms. The minimum atomic E-state index is -0.0784. The third-order valence-corrected chi connectivity index (χ3v) is 6.90. The number of carbonyl (C=O) groups is 1. The van der Waals surface area contributed by atoms with Crippen LogP contribution in [0.2, 0.25) is 0 Å². The first kappa shape index (κ1) is 14.0. The molecule has 2 saturated carbocycles. The minimum Gasteiger partial charge on any atom is -0.299 e. The van der Waals surface area contributed by atoms with Gasteiger partial charge in [0.25, 0.3) is 0 Å². The van der Waals surface area contributed by atoms with E-state index in [1.54, 1.807) is 0 Å². The lowest BCUT2D eigenvalue weighted by molar-refractivity contribution is -0.131. The molecular weight excluding hydrogens is 270 g/mol. The number of hydrogen-bond acceptors (Lipinski definition) is 2. The van der Waals surface area contributed by atoms with Crippen LogP contribution in [0.1, 0.15) is 62.1 Å². The molecule has 4 rings (SSSR count). The fourth-order valence-electron chi connectivity index (χ4n) is 5.83. The predicted octanol–water partition coefficient (Wildman–Crippen LogP) is 4.23. The summed E-state index contributed by atoms with van der Waals surface area (Å²) in [5.41, 5.74) is 3.47. The number of nitriles is 1. The van der Waals surface area contributed by atoms with E-state index in [-0.39, 0.29) is 11.3 Å². The molecule has 3 aliphatic rings. The maximum atomic E-state index is 12.6. The van der Waals surface area contributed by atoms with Crippen molar-refractivity contribution < 1.29 is 4.79 Å². The van der Waals surface area contributed by atoms with Crippen molar-refractivity contribution in [3.8, 4) is 6.07 Å². The van der Waals surface area contributed by atoms with E-state index in [1.165, 1.54) is 11.1 Å². The molecule has 0 heterocycles.